The van der Waals surface area contributed by atoms with Crippen molar-refractivity contribution in [1.82, 2.24) is 4.98 Å². The third-order valence-corrected chi connectivity index (χ3v) is 3.73. The molecule has 0 saturated heterocycles. The predicted molar refractivity (Wildman–Crippen MR) is 87.2 cm³/mol. The van der Waals surface area contributed by atoms with Crippen LogP contribution in [0.2, 0.25) is 10.0 Å². The Morgan fingerprint density at radius 1 is 0.864 bits per heavy atom. The zero-order valence-corrected chi connectivity index (χ0v) is 12.9. The zero-order chi connectivity index (χ0) is 15.5. The molecule has 0 radical (unpaired) electrons. The summed E-state index contributed by atoms with van der Waals surface area (Å²) in [5, 5.41) is 0.682. The Balaban J connectivity index is 1.87. The van der Waals surface area contributed by atoms with Crippen molar-refractivity contribution in [3.8, 4) is 11.5 Å². The van der Waals surface area contributed by atoms with Gasteiger partial charge in [-0.15, -0.1) is 0 Å². The van der Waals surface area contributed by atoms with E-state index in [0.717, 1.165) is 0 Å². The number of carbonyl (C=O) groups is 1. The maximum absolute atomic E-state index is 12.4. The van der Waals surface area contributed by atoms with Crippen LogP contribution in [0.15, 0.2) is 60.9 Å². The van der Waals surface area contributed by atoms with E-state index in [-0.39, 0.29) is 5.78 Å². The highest BCUT2D eigenvalue weighted by Gasteiger charge is 2.17. The van der Waals surface area contributed by atoms with Gasteiger partial charge >= 0.3 is 0 Å². The van der Waals surface area contributed by atoms with Crippen molar-refractivity contribution in [2.24, 2.45) is 0 Å². The molecule has 5 heteroatoms. The number of ether oxygens (including phenoxy) is 1. The third-order valence-electron chi connectivity index (χ3n) is 3.10. The van der Waals surface area contributed by atoms with Crippen LogP contribution >= 0.6 is 23.2 Å². The van der Waals surface area contributed by atoms with Gasteiger partial charge in [-0.2, -0.15) is 0 Å². The molecule has 0 aliphatic carbocycles. The fourth-order valence-corrected chi connectivity index (χ4v) is 2.49. The average Bonchev–Trinajstić information content (AvgIpc) is 2.94. The summed E-state index contributed by atoms with van der Waals surface area (Å²) >= 11 is 12.2. The van der Waals surface area contributed by atoms with Crippen LogP contribution in [-0.2, 0) is 0 Å². The van der Waals surface area contributed by atoms with Crippen molar-refractivity contribution in [2.45, 2.75) is 0 Å². The molecule has 3 rings (SSSR count). The Kier molecular flexibility index (Phi) is 4.18. The van der Waals surface area contributed by atoms with E-state index in [2.05, 4.69) is 4.98 Å². The van der Waals surface area contributed by atoms with Gasteiger partial charge in [0.25, 0.3) is 0 Å². The fraction of sp³-hybridized carbons (Fsp3) is 0. The van der Waals surface area contributed by atoms with Crippen LogP contribution in [0, 0.1) is 0 Å². The molecule has 3 nitrogen and oxygen atoms in total. The van der Waals surface area contributed by atoms with Gasteiger partial charge in [0.2, 0.25) is 0 Å². The maximum Gasteiger partial charge on any atom is 0.197 e. The Labute approximate surface area is 137 Å². The van der Waals surface area contributed by atoms with Gasteiger partial charge in [-0.25, -0.2) is 0 Å². The first kappa shape index (κ1) is 14.7. The number of carbonyl (C=O) groups excluding carboxylic acids is 1. The quantitative estimate of drug-likeness (QED) is 0.655. The normalized spacial score (nSPS) is 10.5. The van der Waals surface area contributed by atoms with E-state index >= 15 is 0 Å². The first-order valence-electron chi connectivity index (χ1n) is 6.54. The minimum atomic E-state index is -0.234. The lowest BCUT2D eigenvalue weighted by Crippen LogP contribution is -2.01. The standard InChI is InChI=1S/C17H11Cl2NO2/c18-15-8-12(22-11-4-2-1-3-5-11)6-7-13(15)17(21)14-9-20-10-16(14)19/h1-10,20H. The van der Waals surface area contributed by atoms with Crippen molar-refractivity contribution in [3.05, 3.63) is 82.1 Å². The molecule has 0 fully saturated rings. The SMILES string of the molecule is O=C(c1ccc(Oc2ccccc2)cc1Cl)c1c[nH]cc1Cl. The Hall–Kier alpha value is -2.23. The van der Waals surface area contributed by atoms with Gasteiger partial charge in [0.15, 0.2) is 5.78 Å². The number of hydrogen-bond acceptors (Lipinski definition) is 2. The van der Waals surface area contributed by atoms with Crippen molar-refractivity contribution in [3.63, 3.8) is 0 Å². The van der Waals surface area contributed by atoms with Crippen LogP contribution in [0.4, 0.5) is 0 Å². The molecule has 22 heavy (non-hydrogen) atoms. The first-order chi connectivity index (χ1) is 10.6. The van der Waals surface area contributed by atoms with Crippen molar-refractivity contribution in [1.29, 1.82) is 0 Å². The summed E-state index contributed by atoms with van der Waals surface area (Å²) in [5.74, 6) is 1.03. The average molecular weight is 332 g/mol. The van der Waals surface area contributed by atoms with E-state index in [9.17, 15) is 4.79 Å². The van der Waals surface area contributed by atoms with Crippen LogP contribution in [0.3, 0.4) is 0 Å². The molecule has 110 valence electrons. The van der Waals surface area contributed by atoms with Gasteiger partial charge in [0.05, 0.1) is 15.6 Å². The summed E-state index contributed by atoms with van der Waals surface area (Å²) < 4.78 is 5.68. The molecule has 0 aliphatic rings. The van der Waals surface area contributed by atoms with Crippen LogP contribution in [0.1, 0.15) is 15.9 Å². The van der Waals surface area contributed by atoms with Crippen molar-refractivity contribution >= 4 is 29.0 Å². The number of hydrogen-bond donors (Lipinski definition) is 1. The van der Waals surface area contributed by atoms with Crippen molar-refractivity contribution in [2.75, 3.05) is 0 Å². The Bertz CT molecular complexity index is 813. The van der Waals surface area contributed by atoms with E-state index in [1.807, 2.05) is 30.3 Å². The first-order valence-corrected chi connectivity index (χ1v) is 7.30. The molecule has 1 N–H and O–H groups in total. The number of nitrogens with one attached hydrogen (secondary N) is 1. The number of halogens is 2. The summed E-state index contributed by atoms with van der Waals surface area (Å²) in [4.78, 5) is 15.2. The van der Waals surface area contributed by atoms with Gasteiger partial charge < -0.3 is 9.72 Å². The van der Waals surface area contributed by atoms with Gasteiger partial charge in [-0.1, -0.05) is 41.4 Å². The largest absolute Gasteiger partial charge is 0.457 e. The Morgan fingerprint density at radius 2 is 1.64 bits per heavy atom. The lowest BCUT2D eigenvalue weighted by Gasteiger charge is -2.08. The number of ketones is 1. The molecule has 1 heterocycles. The summed E-state index contributed by atoms with van der Waals surface area (Å²) in [5.41, 5.74) is 0.767. The smallest absolute Gasteiger partial charge is 0.197 e. The minimum Gasteiger partial charge on any atom is -0.457 e. The molecule has 2 aromatic carbocycles. The van der Waals surface area contributed by atoms with Gasteiger partial charge in [-0.05, 0) is 24.3 Å². The molecule has 0 atom stereocenters. The highest BCUT2D eigenvalue weighted by molar-refractivity contribution is 6.38. The molecule has 1 aromatic heterocycles. The van der Waals surface area contributed by atoms with E-state index < -0.39 is 0 Å². The molecule has 3 aromatic rings. The molecule has 0 spiro atoms. The zero-order valence-electron chi connectivity index (χ0n) is 11.3. The molecule has 0 saturated carbocycles. The molecule has 0 unspecified atom stereocenters. The Morgan fingerprint density at radius 3 is 2.27 bits per heavy atom. The second-order valence-corrected chi connectivity index (χ2v) is 5.42. The molecular weight excluding hydrogens is 321 g/mol. The number of H-pyrrole nitrogens is 1. The number of aromatic nitrogens is 1. The lowest BCUT2D eigenvalue weighted by molar-refractivity contribution is 0.103. The van der Waals surface area contributed by atoms with Crippen LogP contribution < -0.4 is 4.74 Å². The molecule has 0 bridgehead atoms. The monoisotopic (exact) mass is 331 g/mol. The summed E-state index contributed by atoms with van der Waals surface area (Å²) in [7, 11) is 0. The summed E-state index contributed by atoms with van der Waals surface area (Å²) in [6.07, 6.45) is 3.10. The second kappa shape index (κ2) is 6.26. The second-order valence-electron chi connectivity index (χ2n) is 4.60. The highest BCUT2D eigenvalue weighted by atomic mass is 35.5. The van der Waals surface area contributed by atoms with Crippen LogP contribution in [0.5, 0.6) is 11.5 Å². The highest BCUT2D eigenvalue weighted by Crippen LogP contribution is 2.29. The lowest BCUT2D eigenvalue weighted by atomic mass is 10.1. The van der Waals surface area contributed by atoms with E-state index in [4.69, 9.17) is 27.9 Å². The summed E-state index contributed by atoms with van der Waals surface area (Å²) in [6, 6.07) is 14.3. The molecule has 0 amide bonds. The number of benzene rings is 2. The third kappa shape index (κ3) is 3.01. The summed E-state index contributed by atoms with van der Waals surface area (Å²) in [6.45, 7) is 0. The van der Waals surface area contributed by atoms with Crippen molar-refractivity contribution < 1.29 is 9.53 Å². The molecule has 0 aliphatic heterocycles. The van der Waals surface area contributed by atoms with Crippen LogP contribution in [0.25, 0.3) is 0 Å². The van der Waals surface area contributed by atoms with E-state index in [0.29, 0.717) is 32.7 Å². The maximum atomic E-state index is 12.4. The number of aromatic amines is 1. The van der Waals surface area contributed by atoms with E-state index in [1.54, 1.807) is 30.6 Å². The fourth-order valence-electron chi connectivity index (χ4n) is 2.03. The minimum absolute atomic E-state index is 0.234. The topological polar surface area (TPSA) is 42.1 Å². The van der Waals surface area contributed by atoms with Gasteiger partial charge in [0.1, 0.15) is 11.5 Å². The molecular formula is C17H11Cl2NO2. The number of para-hydroxylation sites is 1. The number of rotatable bonds is 4. The van der Waals surface area contributed by atoms with Crippen LogP contribution in [-0.4, -0.2) is 10.8 Å². The predicted octanol–water partition coefficient (Wildman–Crippen LogP) is 5.34. The van der Waals surface area contributed by atoms with Gasteiger partial charge in [-0.3, -0.25) is 4.79 Å². The van der Waals surface area contributed by atoms with E-state index in [1.165, 1.54) is 0 Å². The van der Waals surface area contributed by atoms with Gasteiger partial charge in [0, 0.05) is 24.0 Å².